The Bertz CT molecular complexity index is 719. The molecule has 0 N–H and O–H groups in total. The Labute approximate surface area is 144 Å². The molecule has 2 aromatic rings. The van der Waals surface area contributed by atoms with E-state index < -0.39 is 10.1 Å². The zero-order chi connectivity index (χ0) is 17.4. The average molecular weight is 348 g/mol. The summed E-state index contributed by atoms with van der Waals surface area (Å²) in [7, 11) is -3.81. The topological polar surface area (TPSA) is 52.6 Å². The van der Waals surface area contributed by atoms with Gasteiger partial charge in [0.15, 0.2) is 0 Å². The lowest BCUT2D eigenvalue weighted by atomic mass is 10.2. The van der Waals surface area contributed by atoms with Gasteiger partial charge in [0, 0.05) is 0 Å². The highest BCUT2D eigenvalue weighted by Gasteiger charge is 2.16. The molecule has 0 aromatic heterocycles. The van der Waals surface area contributed by atoms with Crippen LogP contribution in [0.15, 0.2) is 53.4 Å². The molecule has 0 spiro atoms. The van der Waals surface area contributed by atoms with Gasteiger partial charge in [0.2, 0.25) is 0 Å². The molecule has 0 unspecified atom stereocenters. The molecule has 0 aliphatic rings. The average Bonchev–Trinajstić information content (AvgIpc) is 2.56. The number of benzene rings is 2. The van der Waals surface area contributed by atoms with Crippen LogP contribution in [0.1, 0.15) is 38.2 Å². The van der Waals surface area contributed by atoms with Gasteiger partial charge in [0.05, 0.1) is 6.61 Å². The van der Waals surface area contributed by atoms with Crippen molar-refractivity contribution in [1.82, 2.24) is 0 Å². The molecule has 0 aliphatic carbocycles. The SMILES string of the molecule is CCCCCCOc1ccc(OS(=O)(=O)c2ccc(C)cc2)cc1. The smallest absolute Gasteiger partial charge is 0.339 e. The third kappa shape index (κ3) is 5.57. The first-order valence-electron chi connectivity index (χ1n) is 8.25. The van der Waals surface area contributed by atoms with Crippen molar-refractivity contribution in [3.8, 4) is 11.5 Å². The number of hydrogen-bond acceptors (Lipinski definition) is 4. The second kappa shape index (κ2) is 8.73. The second-order valence-corrected chi connectivity index (χ2v) is 7.28. The maximum atomic E-state index is 12.2. The number of hydrogen-bond donors (Lipinski definition) is 0. The van der Waals surface area contributed by atoms with Gasteiger partial charge in [-0.15, -0.1) is 0 Å². The molecule has 0 fully saturated rings. The van der Waals surface area contributed by atoms with Crippen LogP contribution < -0.4 is 8.92 Å². The summed E-state index contributed by atoms with van der Waals surface area (Å²) in [5.74, 6) is 0.987. The Hall–Kier alpha value is -2.01. The van der Waals surface area contributed by atoms with Gasteiger partial charge in [-0.1, -0.05) is 43.9 Å². The van der Waals surface area contributed by atoms with Crippen LogP contribution in [0.2, 0.25) is 0 Å². The van der Waals surface area contributed by atoms with E-state index in [0.29, 0.717) is 12.4 Å². The lowest BCUT2D eigenvalue weighted by Crippen LogP contribution is -2.09. The summed E-state index contributed by atoms with van der Waals surface area (Å²) in [5, 5.41) is 0. The van der Waals surface area contributed by atoms with Gasteiger partial charge in [0.25, 0.3) is 0 Å². The molecule has 0 bridgehead atoms. The molecule has 0 heterocycles. The number of unbranched alkanes of at least 4 members (excludes halogenated alkanes) is 3. The van der Waals surface area contributed by atoms with E-state index in [-0.39, 0.29) is 10.6 Å². The van der Waals surface area contributed by atoms with Gasteiger partial charge in [-0.2, -0.15) is 8.42 Å². The van der Waals surface area contributed by atoms with Crippen LogP contribution in [0.5, 0.6) is 11.5 Å². The van der Waals surface area contributed by atoms with E-state index in [1.807, 2.05) is 6.92 Å². The van der Waals surface area contributed by atoms with E-state index in [2.05, 4.69) is 6.92 Å². The summed E-state index contributed by atoms with van der Waals surface area (Å²) < 4.78 is 35.2. The van der Waals surface area contributed by atoms with Crippen LogP contribution in [0.3, 0.4) is 0 Å². The molecular weight excluding hydrogens is 324 g/mol. The molecule has 0 saturated carbocycles. The molecule has 2 rings (SSSR count). The van der Waals surface area contributed by atoms with Gasteiger partial charge < -0.3 is 8.92 Å². The highest BCUT2D eigenvalue weighted by Crippen LogP contribution is 2.22. The van der Waals surface area contributed by atoms with E-state index >= 15 is 0 Å². The first-order valence-corrected chi connectivity index (χ1v) is 9.66. The van der Waals surface area contributed by atoms with Crippen LogP contribution in [0, 0.1) is 6.92 Å². The number of aryl methyl sites for hydroxylation is 1. The van der Waals surface area contributed by atoms with Crippen molar-refractivity contribution in [3.63, 3.8) is 0 Å². The Kier molecular flexibility index (Phi) is 6.67. The van der Waals surface area contributed by atoms with Gasteiger partial charge in [0.1, 0.15) is 16.4 Å². The van der Waals surface area contributed by atoms with Crippen LogP contribution in [-0.4, -0.2) is 15.0 Å². The standard InChI is InChI=1S/C19H24O4S/c1-3-4-5-6-15-22-17-9-11-18(12-10-17)23-24(20,21)19-13-7-16(2)8-14-19/h7-14H,3-6,15H2,1-2H3. The molecule has 0 aliphatic heterocycles. The lowest BCUT2D eigenvalue weighted by Gasteiger charge is -2.09. The van der Waals surface area contributed by atoms with Gasteiger partial charge in [-0.3, -0.25) is 0 Å². The minimum Gasteiger partial charge on any atom is -0.494 e. The third-order valence-corrected chi connectivity index (χ3v) is 4.87. The Morgan fingerprint density at radius 1 is 0.833 bits per heavy atom. The van der Waals surface area contributed by atoms with Crippen LogP contribution in [-0.2, 0) is 10.1 Å². The predicted molar refractivity (Wildman–Crippen MR) is 95.1 cm³/mol. The molecule has 0 amide bonds. The summed E-state index contributed by atoms with van der Waals surface area (Å²) >= 11 is 0. The van der Waals surface area contributed by atoms with E-state index in [9.17, 15) is 8.42 Å². The van der Waals surface area contributed by atoms with Crippen molar-refractivity contribution in [2.24, 2.45) is 0 Å². The fourth-order valence-corrected chi connectivity index (χ4v) is 3.12. The zero-order valence-corrected chi connectivity index (χ0v) is 15.0. The molecule has 0 radical (unpaired) electrons. The Balaban J connectivity index is 1.92. The van der Waals surface area contributed by atoms with E-state index in [4.69, 9.17) is 8.92 Å². The third-order valence-electron chi connectivity index (χ3n) is 3.61. The fraction of sp³-hybridized carbons (Fsp3) is 0.368. The van der Waals surface area contributed by atoms with Crippen LogP contribution in [0.25, 0.3) is 0 Å². The fourth-order valence-electron chi connectivity index (χ4n) is 2.19. The van der Waals surface area contributed by atoms with Gasteiger partial charge >= 0.3 is 10.1 Å². The van der Waals surface area contributed by atoms with E-state index in [1.165, 1.54) is 12.8 Å². The Morgan fingerprint density at radius 2 is 1.46 bits per heavy atom. The maximum Gasteiger partial charge on any atom is 0.339 e. The van der Waals surface area contributed by atoms with Crippen molar-refractivity contribution in [3.05, 3.63) is 54.1 Å². The monoisotopic (exact) mass is 348 g/mol. The Morgan fingerprint density at radius 3 is 2.08 bits per heavy atom. The van der Waals surface area contributed by atoms with Crippen LogP contribution in [0.4, 0.5) is 0 Å². The maximum absolute atomic E-state index is 12.2. The molecule has 2 aromatic carbocycles. The zero-order valence-electron chi connectivity index (χ0n) is 14.2. The minimum absolute atomic E-state index is 0.143. The first-order chi connectivity index (χ1) is 11.5. The largest absolute Gasteiger partial charge is 0.494 e. The minimum atomic E-state index is -3.81. The van der Waals surface area contributed by atoms with Crippen molar-refractivity contribution < 1.29 is 17.3 Å². The quantitative estimate of drug-likeness (QED) is 0.486. The highest BCUT2D eigenvalue weighted by atomic mass is 32.2. The van der Waals surface area contributed by atoms with Crippen molar-refractivity contribution >= 4 is 10.1 Å². The normalized spacial score (nSPS) is 11.2. The van der Waals surface area contributed by atoms with Crippen molar-refractivity contribution in [2.45, 2.75) is 44.4 Å². The number of ether oxygens (including phenoxy) is 1. The predicted octanol–water partition coefficient (Wildman–Crippen LogP) is 4.72. The molecule has 5 heteroatoms. The summed E-state index contributed by atoms with van der Waals surface area (Å²) in [6.45, 7) is 4.74. The summed E-state index contributed by atoms with van der Waals surface area (Å²) in [6.07, 6.45) is 4.59. The molecule has 0 atom stereocenters. The molecule has 24 heavy (non-hydrogen) atoms. The molecule has 130 valence electrons. The van der Waals surface area contributed by atoms with E-state index in [1.54, 1.807) is 48.5 Å². The molecular formula is C19H24O4S. The van der Waals surface area contributed by atoms with Gasteiger partial charge in [-0.05, 0) is 49.7 Å². The van der Waals surface area contributed by atoms with E-state index in [0.717, 1.165) is 18.4 Å². The lowest BCUT2D eigenvalue weighted by molar-refractivity contribution is 0.305. The van der Waals surface area contributed by atoms with Crippen molar-refractivity contribution in [1.29, 1.82) is 0 Å². The summed E-state index contributed by atoms with van der Waals surface area (Å²) in [5.41, 5.74) is 0.995. The number of rotatable bonds is 9. The second-order valence-electron chi connectivity index (χ2n) is 5.73. The molecule has 4 nitrogen and oxygen atoms in total. The summed E-state index contributed by atoms with van der Waals surface area (Å²) in [4.78, 5) is 0.143. The summed E-state index contributed by atoms with van der Waals surface area (Å²) in [6, 6.07) is 13.2. The molecule has 0 saturated heterocycles. The van der Waals surface area contributed by atoms with Gasteiger partial charge in [-0.25, -0.2) is 0 Å². The highest BCUT2D eigenvalue weighted by molar-refractivity contribution is 7.87. The first kappa shape index (κ1) is 18.3. The van der Waals surface area contributed by atoms with Crippen molar-refractivity contribution in [2.75, 3.05) is 6.61 Å². The van der Waals surface area contributed by atoms with Crippen LogP contribution >= 0.6 is 0 Å².